The minimum absolute atomic E-state index is 0.120. The van der Waals surface area contributed by atoms with E-state index < -0.39 is 10.2 Å². The maximum absolute atomic E-state index is 11.5. The van der Waals surface area contributed by atoms with Gasteiger partial charge in [0, 0.05) is 26.7 Å². The van der Waals surface area contributed by atoms with E-state index in [-0.39, 0.29) is 12.0 Å². The second-order valence-electron chi connectivity index (χ2n) is 4.74. The Balaban J connectivity index is 3.92. The molecule has 2 N–H and O–H groups in total. The molecule has 0 bridgehead atoms. The van der Waals surface area contributed by atoms with Crippen molar-refractivity contribution in [2.45, 2.75) is 33.6 Å². The van der Waals surface area contributed by atoms with Gasteiger partial charge in [-0.25, -0.2) is 4.72 Å². The molecule has 0 aliphatic heterocycles. The fourth-order valence-corrected chi connectivity index (χ4v) is 2.09. The zero-order chi connectivity index (χ0) is 12.8. The second kappa shape index (κ2) is 6.54. The summed E-state index contributed by atoms with van der Waals surface area (Å²) in [4.78, 5) is 0. The summed E-state index contributed by atoms with van der Waals surface area (Å²) in [5, 5.41) is 9.03. The third kappa shape index (κ3) is 5.79. The van der Waals surface area contributed by atoms with E-state index in [0.29, 0.717) is 13.1 Å². The molecule has 0 saturated carbocycles. The van der Waals surface area contributed by atoms with Crippen LogP contribution >= 0.6 is 0 Å². The van der Waals surface area contributed by atoms with Gasteiger partial charge in [-0.1, -0.05) is 20.8 Å². The zero-order valence-corrected chi connectivity index (χ0v) is 11.5. The van der Waals surface area contributed by atoms with Crippen molar-refractivity contribution in [3.63, 3.8) is 0 Å². The zero-order valence-electron chi connectivity index (χ0n) is 10.7. The molecule has 0 aliphatic carbocycles. The molecule has 0 spiro atoms. The highest BCUT2D eigenvalue weighted by Gasteiger charge is 2.18. The van der Waals surface area contributed by atoms with Crippen LogP contribution in [-0.4, -0.2) is 44.6 Å². The first-order valence-corrected chi connectivity index (χ1v) is 7.01. The second-order valence-corrected chi connectivity index (χ2v) is 6.60. The van der Waals surface area contributed by atoms with Crippen LogP contribution in [0.25, 0.3) is 0 Å². The molecule has 0 aliphatic rings. The molecule has 0 fully saturated rings. The first-order chi connectivity index (χ1) is 7.25. The number of rotatable bonds is 8. The van der Waals surface area contributed by atoms with Gasteiger partial charge in [0.05, 0.1) is 0 Å². The van der Waals surface area contributed by atoms with Crippen LogP contribution in [0.15, 0.2) is 0 Å². The van der Waals surface area contributed by atoms with Gasteiger partial charge in [0.15, 0.2) is 0 Å². The van der Waals surface area contributed by atoms with Gasteiger partial charge in [-0.05, 0) is 18.3 Å². The first-order valence-electron chi connectivity index (χ1n) is 5.57. The van der Waals surface area contributed by atoms with Crippen LogP contribution in [0.5, 0.6) is 0 Å². The lowest BCUT2D eigenvalue weighted by atomic mass is 9.89. The van der Waals surface area contributed by atoms with E-state index in [1.54, 1.807) is 14.0 Å². The van der Waals surface area contributed by atoms with Crippen LogP contribution in [0, 0.1) is 5.41 Å². The maximum Gasteiger partial charge on any atom is 0.279 e. The highest BCUT2D eigenvalue weighted by Crippen LogP contribution is 2.20. The summed E-state index contributed by atoms with van der Waals surface area (Å²) in [7, 11) is -1.77. The molecule has 0 rings (SSSR count). The molecule has 98 valence electrons. The standard InChI is InChI=1S/C10H24N2O3S/c1-5-12(4)16(14,15)11-8-6-7-10(2,3)9-13/h11,13H,5-9H2,1-4H3. The normalized spacial score (nSPS) is 13.4. The minimum Gasteiger partial charge on any atom is -0.396 e. The number of nitrogens with one attached hydrogen (secondary N) is 1. The number of nitrogens with zero attached hydrogens (tertiary/aromatic N) is 1. The molecule has 0 atom stereocenters. The van der Waals surface area contributed by atoms with Gasteiger partial charge in [0.25, 0.3) is 10.2 Å². The molecule has 16 heavy (non-hydrogen) atoms. The van der Waals surface area contributed by atoms with Gasteiger partial charge >= 0.3 is 0 Å². The van der Waals surface area contributed by atoms with Crippen LogP contribution in [-0.2, 0) is 10.2 Å². The fraction of sp³-hybridized carbons (Fsp3) is 1.00. The smallest absolute Gasteiger partial charge is 0.279 e. The van der Waals surface area contributed by atoms with Gasteiger partial charge in [0.2, 0.25) is 0 Å². The molecule has 6 heteroatoms. The fourth-order valence-electron chi connectivity index (χ4n) is 1.13. The van der Waals surface area contributed by atoms with Crippen molar-refractivity contribution in [1.82, 2.24) is 9.03 Å². The Bertz CT molecular complexity index is 288. The average molecular weight is 252 g/mol. The van der Waals surface area contributed by atoms with Crippen molar-refractivity contribution in [2.75, 3.05) is 26.7 Å². The summed E-state index contributed by atoms with van der Waals surface area (Å²) in [6.45, 7) is 6.69. The predicted octanol–water partition coefficient (Wildman–Crippen LogP) is 0.571. The van der Waals surface area contributed by atoms with Crippen LogP contribution in [0.3, 0.4) is 0 Å². The van der Waals surface area contributed by atoms with Gasteiger partial charge < -0.3 is 5.11 Å². The Kier molecular flexibility index (Phi) is 6.47. The van der Waals surface area contributed by atoms with Crippen molar-refractivity contribution in [2.24, 2.45) is 5.41 Å². The number of aliphatic hydroxyl groups excluding tert-OH is 1. The van der Waals surface area contributed by atoms with Crippen LogP contribution in [0.1, 0.15) is 33.6 Å². The van der Waals surface area contributed by atoms with Crippen LogP contribution in [0.4, 0.5) is 0 Å². The first kappa shape index (κ1) is 15.8. The van der Waals surface area contributed by atoms with Gasteiger partial charge in [-0.3, -0.25) is 0 Å². The molecule has 0 aromatic heterocycles. The quantitative estimate of drug-likeness (QED) is 0.621. The van der Waals surface area contributed by atoms with Crippen molar-refractivity contribution in [1.29, 1.82) is 0 Å². The predicted molar refractivity (Wildman–Crippen MR) is 65.3 cm³/mol. The summed E-state index contributed by atoms with van der Waals surface area (Å²) in [6.07, 6.45) is 1.52. The lowest BCUT2D eigenvalue weighted by molar-refractivity contribution is 0.148. The highest BCUT2D eigenvalue weighted by atomic mass is 32.2. The Morgan fingerprint density at radius 2 is 1.94 bits per heavy atom. The van der Waals surface area contributed by atoms with Gasteiger partial charge in [-0.2, -0.15) is 12.7 Å². The summed E-state index contributed by atoms with van der Waals surface area (Å²) in [6, 6.07) is 0. The molecular formula is C10H24N2O3S. The number of hydrogen-bond donors (Lipinski definition) is 2. The Morgan fingerprint density at radius 1 is 1.38 bits per heavy atom. The summed E-state index contributed by atoms with van der Waals surface area (Å²) < 4.78 is 26.8. The Morgan fingerprint density at radius 3 is 2.38 bits per heavy atom. The SMILES string of the molecule is CCN(C)S(=O)(=O)NCCCC(C)(C)CO. The van der Waals surface area contributed by atoms with Gasteiger partial charge in [-0.15, -0.1) is 0 Å². The Hall–Kier alpha value is -0.170. The van der Waals surface area contributed by atoms with E-state index in [9.17, 15) is 8.42 Å². The monoisotopic (exact) mass is 252 g/mol. The lowest BCUT2D eigenvalue weighted by Crippen LogP contribution is -2.38. The lowest BCUT2D eigenvalue weighted by Gasteiger charge is -2.21. The average Bonchev–Trinajstić information content (AvgIpc) is 2.23. The molecule has 0 aromatic rings. The summed E-state index contributed by atoms with van der Waals surface area (Å²) >= 11 is 0. The van der Waals surface area contributed by atoms with E-state index >= 15 is 0 Å². The molecule has 0 radical (unpaired) electrons. The highest BCUT2D eigenvalue weighted by molar-refractivity contribution is 7.87. The van der Waals surface area contributed by atoms with Crippen molar-refractivity contribution < 1.29 is 13.5 Å². The number of aliphatic hydroxyl groups is 1. The van der Waals surface area contributed by atoms with Gasteiger partial charge in [0.1, 0.15) is 0 Å². The van der Waals surface area contributed by atoms with Crippen molar-refractivity contribution in [3.8, 4) is 0 Å². The molecular weight excluding hydrogens is 228 g/mol. The topological polar surface area (TPSA) is 69.6 Å². The molecule has 5 nitrogen and oxygen atoms in total. The molecule has 0 aromatic carbocycles. The molecule has 0 saturated heterocycles. The summed E-state index contributed by atoms with van der Waals surface area (Å²) in [5.74, 6) is 0. The van der Waals surface area contributed by atoms with E-state index in [1.165, 1.54) is 4.31 Å². The largest absolute Gasteiger partial charge is 0.396 e. The van der Waals surface area contributed by atoms with E-state index in [0.717, 1.165) is 12.8 Å². The van der Waals surface area contributed by atoms with Crippen LogP contribution in [0.2, 0.25) is 0 Å². The number of hydrogen-bond acceptors (Lipinski definition) is 3. The van der Waals surface area contributed by atoms with E-state index in [1.807, 2.05) is 13.8 Å². The van der Waals surface area contributed by atoms with Crippen molar-refractivity contribution >= 4 is 10.2 Å². The van der Waals surface area contributed by atoms with E-state index in [4.69, 9.17) is 5.11 Å². The third-order valence-corrected chi connectivity index (χ3v) is 4.25. The van der Waals surface area contributed by atoms with Crippen LogP contribution < -0.4 is 4.72 Å². The summed E-state index contributed by atoms with van der Waals surface area (Å²) in [5.41, 5.74) is -0.137. The third-order valence-electron chi connectivity index (χ3n) is 2.60. The maximum atomic E-state index is 11.5. The van der Waals surface area contributed by atoms with Crippen molar-refractivity contribution in [3.05, 3.63) is 0 Å². The minimum atomic E-state index is -3.31. The molecule has 0 amide bonds. The molecule has 0 unspecified atom stereocenters. The van der Waals surface area contributed by atoms with E-state index in [2.05, 4.69) is 4.72 Å². The molecule has 0 heterocycles. The Labute approximate surface area is 99.0 Å².